The molecule has 112 valence electrons. The third-order valence-electron chi connectivity index (χ3n) is 5.25. The van der Waals surface area contributed by atoms with E-state index in [9.17, 15) is 9.59 Å². The molecule has 1 atom stereocenters. The lowest BCUT2D eigenvalue weighted by Crippen LogP contribution is -2.45. The predicted molar refractivity (Wildman–Crippen MR) is 77.1 cm³/mol. The number of hydrogen-bond acceptors (Lipinski definition) is 3. The van der Waals surface area contributed by atoms with Crippen molar-refractivity contribution >= 4 is 11.8 Å². The highest BCUT2D eigenvalue weighted by molar-refractivity contribution is 6.05. The van der Waals surface area contributed by atoms with Gasteiger partial charge in [0.2, 0.25) is 11.8 Å². The van der Waals surface area contributed by atoms with Crippen molar-refractivity contribution in [2.75, 3.05) is 6.54 Å². The van der Waals surface area contributed by atoms with E-state index in [-0.39, 0.29) is 23.9 Å². The van der Waals surface area contributed by atoms with Crippen molar-refractivity contribution < 1.29 is 9.59 Å². The maximum Gasteiger partial charge on any atom is 0.247 e. The third kappa shape index (κ3) is 2.90. The van der Waals surface area contributed by atoms with Crippen LogP contribution in [0.2, 0.25) is 0 Å². The number of rotatable bonds is 4. The molecule has 3 fully saturated rings. The van der Waals surface area contributed by atoms with Crippen LogP contribution in [0.4, 0.5) is 0 Å². The van der Waals surface area contributed by atoms with Gasteiger partial charge in [-0.05, 0) is 38.1 Å². The Morgan fingerprint density at radius 2 is 1.65 bits per heavy atom. The van der Waals surface area contributed by atoms with Gasteiger partial charge in [0.15, 0.2) is 0 Å². The molecule has 0 aromatic rings. The summed E-state index contributed by atoms with van der Waals surface area (Å²) >= 11 is 0. The van der Waals surface area contributed by atoms with Crippen molar-refractivity contribution in [2.24, 2.45) is 5.92 Å². The van der Waals surface area contributed by atoms with Crippen LogP contribution < -0.4 is 5.32 Å². The van der Waals surface area contributed by atoms with Gasteiger partial charge in [0, 0.05) is 6.04 Å². The standard InChI is InChI=1S/C16H26N2O2/c19-15-10-14(17-11-12-6-5-7-12)16(20)18(15)13-8-3-1-2-4-9-13/h12-14,17H,1-11H2. The number of nitrogens with one attached hydrogen (secondary N) is 1. The number of carbonyl (C=O) groups excluding carboxylic acids is 2. The van der Waals surface area contributed by atoms with Crippen molar-refractivity contribution in [1.82, 2.24) is 10.2 Å². The first-order valence-corrected chi connectivity index (χ1v) is 8.35. The van der Waals surface area contributed by atoms with Gasteiger partial charge in [-0.15, -0.1) is 0 Å². The van der Waals surface area contributed by atoms with Crippen LogP contribution in [0.25, 0.3) is 0 Å². The average Bonchev–Trinajstić information content (AvgIpc) is 2.59. The van der Waals surface area contributed by atoms with Gasteiger partial charge >= 0.3 is 0 Å². The molecular weight excluding hydrogens is 252 g/mol. The second-order valence-corrected chi connectivity index (χ2v) is 6.71. The summed E-state index contributed by atoms with van der Waals surface area (Å²) in [6, 6.07) is -0.0700. The molecule has 4 heteroatoms. The quantitative estimate of drug-likeness (QED) is 0.633. The van der Waals surface area contributed by atoms with Crippen molar-refractivity contribution in [2.45, 2.75) is 76.3 Å². The van der Waals surface area contributed by atoms with Crippen LogP contribution in [0.1, 0.15) is 64.2 Å². The average molecular weight is 278 g/mol. The lowest BCUT2D eigenvalue weighted by Gasteiger charge is -2.28. The molecule has 2 aliphatic carbocycles. The van der Waals surface area contributed by atoms with E-state index in [2.05, 4.69) is 5.32 Å². The van der Waals surface area contributed by atoms with E-state index in [0.717, 1.165) is 38.1 Å². The highest BCUT2D eigenvalue weighted by Crippen LogP contribution is 2.28. The smallest absolute Gasteiger partial charge is 0.247 e. The van der Waals surface area contributed by atoms with Gasteiger partial charge in [-0.25, -0.2) is 0 Å². The minimum Gasteiger partial charge on any atom is -0.305 e. The number of nitrogens with zero attached hydrogens (tertiary/aromatic N) is 1. The van der Waals surface area contributed by atoms with Crippen molar-refractivity contribution in [3.8, 4) is 0 Å². The van der Waals surface area contributed by atoms with Crippen molar-refractivity contribution in [3.63, 3.8) is 0 Å². The molecule has 4 nitrogen and oxygen atoms in total. The van der Waals surface area contributed by atoms with Gasteiger partial charge in [0.05, 0.1) is 12.5 Å². The zero-order valence-corrected chi connectivity index (χ0v) is 12.3. The van der Waals surface area contributed by atoms with Crippen LogP contribution in [0.5, 0.6) is 0 Å². The van der Waals surface area contributed by atoms with E-state index in [4.69, 9.17) is 0 Å². The number of amides is 2. The van der Waals surface area contributed by atoms with Gasteiger partial charge in [0.25, 0.3) is 0 Å². The number of hydrogen-bond donors (Lipinski definition) is 1. The summed E-state index contributed by atoms with van der Waals surface area (Å²) in [5.74, 6) is 0.819. The van der Waals surface area contributed by atoms with Crippen LogP contribution in [0.15, 0.2) is 0 Å². The molecule has 0 aromatic carbocycles. The molecule has 0 radical (unpaired) electrons. The molecule has 1 unspecified atom stereocenters. The summed E-state index contributed by atoms with van der Waals surface area (Å²) in [5, 5.41) is 3.34. The number of likely N-dealkylation sites (tertiary alicyclic amines) is 1. The Labute approximate surface area is 121 Å². The minimum atomic E-state index is -0.244. The summed E-state index contributed by atoms with van der Waals surface area (Å²) in [7, 11) is 0. The summed E-state index contributed by atoms with van der Waals surface area (Å²) in [4.78, 5) is 26.3. The van der Waals surface area contributed by atoms with Gasteiger partial charge in [-0.1, -0.05) is 32.1 Å². The second-order valence-electron chi connectivity index (χ2n) is 6.71. The fourth-order valence-corrected chi connectivity index (χ4v) is 3.72. The third-order valence-corrected chi connectivity index (χ3v) is 5.25. The Hall–Kier alpha value is -0.900. The van der Waals surface area contributed by atoms with Gasteiger partial charge in [0.1, 0.15) is 0 Å². The molecule has 1 heterocycles. The summed E-state index contributed by atoms with van der Waals surface area (Å²) in [6.07, 6.45) is 11.1. The Morgan fingerprint density at radius 3 is 2.25 bits per heavy atom. The molecular formula is C16H26N2O2. The summed E-state index contributed by atoms with van der Waals surface area (Å²) in [6.45, 7) is 0.905. The Morgan fingerprint density at radius 1 is 0.950 bits per heavy atom. The van der Waals surface area contributed by atoms with Gasteiger partial charge in [-0.2, -0.15) is 0 Å². The van der Waals surface area contributed by atoms with Crippen LogP contribution in [0.3, 0.4) is 0 Å². The maximum absolute atomic E-state index is 12.5. The fourth-order valence-electron chi connectivity index (χ4n) is 3.72. The maximum atomic E-state index is 12.5. The molecule has 2 saturated carbocycles. The minimum absolute atomic E-state index is 0.0428. The largest absolute Gasteiger partial charge is 0.305 e. The van der Waals surface area contributed by atoms with Crippen LogP contribution in [-0.2, 0) is 9.59 Å². The van der Waals surface area contributed by atoms with Crippen LogP contribution in [-0.4, -0.2) is 35.3 Å². The lowest BCUT2D eigenvalue weighted by molar-refractivity contribution is -0.141. The van der Waals surface area contributed by atoms with E-state index in [0.29, 0.717) is 6.42 Å². The predicted octanol–water partition coefficient (Wildman–Crippen LogP) is 2.23. The Bertz CT molecular complexity index is 371. The van der Waals surface area contributed by atoms with Crippen molar-refractivity contribution in [3.05, 3.63) is 0 Å². The van der Waals surface area contributed by atoms with Crippen LogP contribution >= 0.6 is 0 Å². The van der Waals surface area contributed by atoms with E-state index in [1.165, 1.54) is 32.1 Å². The first-order chi connectivity index (χ1) is 9.75. The van der Waals surface area contributed by atoms with E-state index in [1.807, 2.05) is 0 Å². The molecule has 0 spiro atoms. The lowest BCUT2D eigenvalue weighted by atomic mass is 9.85. The van der Waals surface area contributed by atoms with E-state index < -0.39 is 0 Å². The molecule has 1 N–H and O–H groups in total. The molecule has 20 heavy (non-hydrogen) atoms. The molecule has 0 aromatic heterocycles. The van der Waals surface area contributed by atoms with Gasteiger partial charge in [-0.3, -0.25) is 14.5 Å². The summed E-state index contributed by atoms with van der Waals surface area (Å²) < 4.78 is 0. The zero-order chi connectivity index (χ0) is 13.9. The molecule has 1 aliphatic heterocycles. The SMILES string of the molecule is O=C1CC(NCC2CCC2)C(=O)N1C1CCCCCC1. The fraction of sp³-hybridized carbons (Fsp3) is 0.875. The Kier molecular flexibility index (Phi) is 4.39. The Balaban J connectivity index is 1.57. The first-order valence-electron chi connectivity index (χ1n) is 8.35. The van der Waals surface area contributed by atoms with E-state index >= 15 is 0 Å². The zero-order valence-electron chi connectivity index (χ0n) is 12.3. The van der Waals surface area contributed by atoms with Gasteiger partial charge < -0.3 is 5.32 Å². The highest BCUT2D eigenvalue weighted by Gasteiger charge is 2.42. The number of carbonyl (C=O) groups is 2. The normalized spacial score (nSPS) is 29.6. The van der Waals surface area contributed by atoms with Crippen LogP contribution in [0, 0.1) is 5.92 Å². The summed E-state index contributed by atoms with van der Waals surface area (Å²) in [5.41, 5.74) is 0. The molecule has 1 saturated heterocycles. The highest BCUT2D eigenvalue weighted by atomic mass is 16.2. The molecule has 3 rings (SSSR count). The second kappa shape index (κ2) is 6.25. The monoisotopic (exact) mass is 278 g/mol. The first kappa shape index (κ1) is 14.1. The topological polar surface area (TPSA) is 49.4 Å². The molecule has 2 amide bonds. The van der Waals surface area contributed by atoms with E-state index in [1.54, 1.807) is 4.90 Å². The molecule has 3 aliphatic rings. The van der Waals surface area contributed by atoms with Crippen molar-refractivity contribution in [1.29, 1.82) is 0 Å². The molecule has 0 bridgehead atoms. The number of imide groups is 1.